The highest BCUT2D eigenvalue weighted by atomic mass is 16.3. The molecule has 5 nitrogen and oxygen atoms in total. The Bertz CT molecular complexity index is 339. The van der Waals surface area contributed by atoms with Crippen molar-refractivity contribution in [2.24, 2.45) is 5.73 Å². The lowest BCUT2D eigenvalue weighted by Crippen LogP contribution is -2.40. The first-order valence-corrected chi connectivity index (χ1v) is 6.23. The van der Waals surface area contributed by atoms with Crippen molar-refractivity contribution in [3.63, 3.8) is 0 Å². The molecule has 0 aromatic carbocycles. The van der Waals surface area contributed by atoms with Gasteiger partial charge in [-0.3, -0.25) is 4.98 Å². The molecule has 17 heavy (non-hydrogen) atoms. The van der Waals surface area contributed by atoms with Crippen molar-refractivity contribution < 1.29 is 5.11 Å². The van der Waals surface area contributed by atoms with E-state index in [4.69, 9.17) is 10.8 Å². The van der Waals surface area contributed by atoms with Crippen molar-refractivity contribution in [2.75, 3.05) is 18.1 Å². The SMILES string of the molecule is NCc1cnc(N2CCCCC2CCO)cn1. The Hall–Kier alpha value is -1.20. The van der Waals surface area contributed by atoms with Crippen LogP contribution in [0.5, 0.6) is 0 Å². The van der Waals surface area contributed by atoms with Crippen LogP contribution in [0, 0.1) is 0 Å². The Labute approximate surface area is 102 Å². The summed E-state index contributed by atoms with van der Waals surface area (Å²) in [5, 5.41) is 9.09. The number of hydrogen-bond acceptors (Lipinski definition) is 5. The molecule has 5 heteroatoms. The number of rotatable bonds is 4. The lowest BCUT2D eigenvalue weighted by atomic mass is 10.00. The Kier molecular flexibility index (Phi) is 4.28. The maximum Gasteiger partial charge on any atom is 0.147 e. The Balaban J connectivity index is 2.11. The molecule has 0 spiro atoms. The quantitative estimate of drug-likeness (QED) is 0.804. The van der Waals surface area contributed by atoms with Crippen LogP contribution in [0.1, 0.15) is 31.4 Å². The van der Waals surface area contributed by atoms with Gasteiger partial charge in [0, 0.05) is 25.7 Å². The first-order valence-electron chi connectivity index (χ1n) is 6.23. The lowest BCUT2D eigenvalue weighted by Gasteiger charge is -2.36. The molecule has 0 saturated carbocycles. The van der Waals surface area contributed by atoms with Crippen molar-refractivity contribution in [3.8, 4) is 0 Å². The van der Waals surface area contributed by atoms with E-state index in [9.17, 15) is 0 Å². The average Bonchev–Trinajstić information content (AvgIpc) is 2.40. The largest absolute Gasteiger partial charge is 0.396 e. The number of aromatic nitrogens is 2. The van der Waals surface area contributed by atoms with Crippen LogP contribution in [-0.4, -0.2) is 34.3 Å². The number of nitrogens with two attached hydrogens (primary N) is 1. The second kappa shape index (κ2) is 5.93. The number of aliphatic hydroxyl groups excluding tert-OH is 1. The molecule has 2 rings (SSSR count). The number of piperidine rings is 1. The molecule has 1 aromatic heterocycles. The summed E-state index contributed by atoms with van der Waals surface area (Å²) in [7, 11) is 0. The lowest BCUT2D eigenvalue weighted by molar-refractivity contribution is 0.262. The highest BCUT2D eigenvalue weighted by Crippen LogP contribution is 2.24. The summed E-state index contributed by atoms with van der Waals surface area (Å²) in [4.78, 5) is 10.9. The van der Waals surface area contributed by atoms with Gasteiger partial charge in [0.2, 0.25) is 0 Å². The molecule has 0 radical (unpaired) electrons. The van der Waals surface area contributed by atoms with Gasteiger partial charge >= 0.3 is 0 Å². The first-order chi connectivity index (χ1) is 8.35. The van der Waals surface area contributed by atoms with Crippen LogP contribution < -0.4 is 10.6 Å². The fourth-order valence-corrected chi connectivity index (χ4v) is 2.35. The van der Waals surface area contributed by atoms with Crippen LogP contribution in [-0.2, 0) is 6.54 Å². The van der Waals surface area contributed by atoms with E-state index in [-0.39, 0.29) is 6.61 Å². The third-order valence-corrected chi connectivity index (χ3v) is 3.28. The smallest absolute Gasteiger partial charge is 0.147 e. The molecule has 1 aromatic rings. The van der Waals surface area contributed by atoms with Crippen molar-refractivity contribution in [2.45, 2.75) is 38.3 Å². The molecule has 1 atom stereocenters. The zero-order chi connectivity index (χ0) is 12.1. The summed E-state index contributed by atoms with van der Waals surface area (Å²) in [5.41, 5.74) is 6.31. The van der Waals surface area contributed by atoms with Gasteiger partial charge in [0.05, 0.1) is 18.1 Å². The molecule has 0 amide bonds. The maximum atomic E-state index is 9.09. The van der Waals surface area contributed by atoms with Crippen LogP contribution in [0.2, 0.25) is 0 Å². The first kappa shape index (κ1) is 12.3. The fraction of sp³-hybridized carbons (Fsp3) is 0.667. The summed E-state index contributed by atoms with van der Waals surface area (Å²) in [6.07, 6.45) is 7.87. The minimum atomic E-state index is 0.232. The van der Waals surface area contributed by atoms with Crippen LogP contribution in [0.4, 0.5) is 5.82 Å². The van der Waals surface area contributed by atoms with Crippen LogP contribution in [0.3, 0.4) is 0 Å². The monoisotopic (exact) mass is 236 g/mol. The van der Waals surface area contributed by atoms with Crippen molar-refractivity contribution >= 4 is 5.82 Å². The number of hydrogen-bond donors (Lipinski definition) is 2. The molecule has 1 unspecified atom stereocenters. The molecule has 94 valence electrons. The predicted molar refractivity (Wildman–Crippen MR) is 66.6 cm³/mol. The van der Waals surface area contributed by atoms with E-state index < -0.39 is 0 Å². The van der Waals surface area contributed by atoms with Gasteiger partial charge < -0.3 is 15.7 Å². The van der Waals surface area contributed by atoms with Crippen molar-refractivity contribution in [3.05, 3.63) is 18.1 Å². The van der Waals surface area contributed by atoms with Crippen LogP contribution in [0.25, 0.3) is 0 Å². The van der Waals surface area contributed by atoms with Crippen LogP contribution >= 0.6 is 0 Å². The second-order valence-corrected chi connectivity index (χ2v) is 4.43. The molecule has 1 saturated heterocycles. The van der Waals surface area contributed by atoms with E-state index in [2.05, 4.69) is 14.9 Å². The van der Waals surface area contributed by atoms with Gasteiger partial charge in [0.15, 0.2) is 0 Å². The van der Waals surface area contributed by atoms with Crippen LogP contribution in [0.15, 0.2) is 12.4 Å². The summed E-state index contributed by atoms with van der Waals surface area (Å²) in [6.45, 7) is 1.66. The molecule has 1 aliphatic heterocycles. The highest BCUT2D eigenvalue weighted by Gasteiger charge is 2.23. The average molecular weight is 236 g/mol. The number of nitrogens with zero attached hydrogens (tertiary/aromatic N) is 3. The Morgan fingerprint density at radius 2 is 2.24 bits per heavy atom. The van der Waals surface area contributed by atoms with Gasteiger partial charge in [0.1, 0.15) is 5.82 Å². The predicted octanol–water partition coefficient (Wildman–Crippen LogP) is 0.677. The van der Waals surface area contributed by atoms with E-state index in [1.54, 1.807) is 12.4 Å². The third-order valence-electron chi connectivity index (χ3n) is 3.28. The maximum absolute atomic E-state index is 9.09. The molecule has 2 heterocycles. The second-order valence-electron chi connectivity index (χ2n) is 4.43. The summed E-state index contributed by atoms with van der Waals surface area (Å²) >= 11 is 0. The van der Waals surface area contributed by atoms with Gasteiger partial charge in [-0.1, -0.05) is 0 Å². The standard InChI is InChI=1S/C12H20N4O/c13-7-10-8-15-12(9-14-10)16-5-2-1-3-11(16)4-6-17/h8-9,11,17H,1-7,13H2. The van der Waals surface area contributed by atoms with Crippen molar-refractivity contribution in [1.82, 2.24) is 9.97 Å². The minimum Gasteiger partial charge on any atom is -0.396 e. The van der Waals surface area contributed by atoms with E-state index >= 15 is 0 Å². The zero-order valence-electron chi connectivity index (χ0n) is 10.0. The molecular weight excluding hydrogens is 216 g/mol. The molecule has 0 aliphatic carbocycles. The topological polar surface area (TPSA) is 75.3 Å². The van der Waals surface area contributed by atoms with Gasteiger partial charge in [-0.2, -0.15) is 0 Å². The zero-order valence-corrected chi connectivity index (χ0v) is 10.0. The van der Waals surface area contributed by atoms with Gasteiger partial charge in [-0.05, 0) is 25.7 Å². The van der Waals surface area contributed by atoms with E-state index in [0.717, 1.165) is 30.9 Å². The van der Waals surface area contributed by atoms with E-state index in [0.29, 0.717) is 12.6 Å². The van der Waals surface area contributed by atoms with E-state index in [1.807, 2.05) is 0 Å². The normalized spacial score (nSPS) is 20.6. The fourth-order valence-electron chi connectivity index (χ4n) is 2.35. The summed E-state index contributed by atoms with van der Waals surface area (Å²) in [6, 6.07) is 0.395. The molecular formula is C12H20N4O. The van der Waals surface area contributed by atoms with Gasteiger partial charge in [0.25, 0.3) is 0 Å². The summed E-state index contributed by atoms with van der Waals surface area (Å²) in [5.74, 6) is 0.903. The highest BCUT2D eigenvalue weighted by molar-refractivity contribution is 5.38. The van der Waals surface area contributed by atoms with E-state index in [1.165, 1.54) is 12.8 Å². The third kappa shape index (κ3) is 2.92. The molecule has 3 N–H and O–H groups in total. The summed E-state index contributed by atoms with van der Waals surface area (Å²) < 4.78 is 0. The molecule has 1 aliphatic rings. The van der Waals surface area contributed by atoms with Gasteiger partial charge in [-0.15, -0.1) is 0 Å². The Morgan fingerprint density at radius 3 is 2.88 bits per heavy atom. The van der Waals surface area contributed by atoms with Crippen molar-refractivity contribution in [1.29, 1.82) is 0 Å². The molecule has 0 bridgehead atoms. The number of aliphatic hydroxyl groups is 1. The van der Waals surface area contributed by atoms with Gasteiger partial charge in [-0.25, -0.2) is 4.98 Å². The molecule has 1 fully saturated rings. The Morgan fingerprint density at radius 1 is 1.35 bits per heavy atom. The minimum absolute atomic E-state index is 0.232. The number of anilines is 1.